The van der Waals surface area contributed by atoms with Gasteiger partial charge in [0.05, 0.1) is 16.8 Å². The van der Waals surface area contributed by atoms with Crippen LogP contribution in [0, 0.1) is 0 Å². The third-order valence-electron chi connectivity index (χ3n) is 5.40. The van der Waals surface area contributed by atoms with Gasteiger partial charge in [-0.05, 0) is 67.6 Å². The van der Waals surface area contributed by atoms with Crippen molar-refractivity contribution in [2.45, 2.75) is 17.9 Å². The molecule has 196 valence electrons. The molecule has 10 nitrogen and oxygen atoms in total. The molecule has 1 aliphatic heterocycles. The number of benzene rings is 3. The van der Waals surface area contributed by atoms with Crippen LogP contribution >= 0.6 is 15.9 Å². The summed E-state index contributed by atoms with van der Waals surface area (Å²) >= 11 is 3.30. The van der Waals surface area contributed by atoms with E-state index in [2.05, 4.69) is 26.0 Å². The topological polar surface area (TPSA) is 131 Å². The summed E-state index contributed by atoms with van der Waals surface area (Å²) < 4.78 is 65.9. The van der Waals surface area contributed by atoms with Crippen LogP contribution in [-0.4, -0.2) is 48.3 Å². The van der Waals surface area contributed by atoms with Gasteiger partial charge in [0.1, 0.15) is 19.3 Å². The van der Waals surface area contributed by atoms with Crippen molar-refractivity contribution in [3.05, 3.63) is 71.2 Å². The van der Waals surface area contributed by atoms with E-state index >= 15 is 0 Å². The summed E-state index contributed by atoms with van der Waals surface area (Å²) in [6.45, 7) is 2.17. The Kier molecular flexibility index (Phi) is 7.67. The largest absolute Gasteiger partial charge is 0.486 e. The first-order valence-electron chi connectivity index (χ1n) is 11.0. The minimum Gasteiger partial charge on any atom is -0.486 e. The number of carbonyl (C=O) groups excluding carboxylic acids is 1. The molecule has 0 bridgehead atoms. The third-order valence-corrected chi connectivity index (χ3v) is 8.56. The van der Waals surface area contributed by atoms with Gasteiger partial charge >= 0.3 is 0 Å². The number of nitrogens with one attached hydrogen (secondary N) is 2. The maximum Gasteiger partial charge on any atom is 0.261 e. The lowest BCUT2D eigenvalue weighted by molar-refractivity contribution is -0.116. The van der Waals surface area contributed by atoms with E-state index in [0.717, 1.165) is 15.0 Å². The Hall–Kier alpha value is -3.29. The van der Waals surface area contributed by atoms with Crippen LogP contribution in [0.4, 0.5) is 17.1 Å². The number of sulfonamides is 2. The van der Waals surface area contributed by atoms with Crippen molar-refractivity contribution in [1.29, 1.82) is 0 Å². The summed E-state index contributed by atoms with van der Waals surface area (Å²) in [6, 6.07) is 15.7. The van der Waals surface area contributed by atoms with Gasteiger partial charge < -0.3 is 14.8 Å². The summed E-state index contributed by atoms with van der Waals surface area (Å²) in [5.41, 5.74) is 0.944. The average molecular weight is 611 g/mol. The van der Waals surface area contributed by atoms with E-state index in [1.165, 1.54) is 43.3 Å². The van der Waals surface area contributed by atoms with Crippen LogP contribution in [-0.2, 0) is 24.8 Å². The monoisotopic (exact) mass is 609 g/mol. The van der Waals surface area contributed by atoms with Crippen LogP contribution in [0.3, 0.4) is 0 Å². The first-order valence-corrected chi connectivity index (χ1v) is 15.1. The Balaban J connectivity index is 1.49. The van der Waals surface area contributed by atoms with Crippen molar-refractivity contribution < 1.29 is 31.1 Å². The number of amides is 1. The van der Waals surface area contributed by atoms with E-state index in [1.54, 1.807) is 30.3 Å². The molecule has 0 unspecified atom stereocenters. The van der Waals surface area contributed by atoms with Gasteiger partial charge in [-0.1, -0.05) is 15.9 Å². The number of rotatable bonds is 8. The number of carbonyl (C=O) groups is 1. The second-order valence-corrected chi connectivity index (χ2v) is 12.6. The number of hydrogen-bond donors (Lipinski definition) is 2. The first-order chi connectivity index (χ1) is 17.4. The maximum atomic E-state index is 13.0. The van der Waals surface area contributed by atoms with Crippen LogP contribution in [0.25, 0.3) is 0 Å². The lowest BCUT2D eigenvalue weighted by atomic mass is 10.2. The Labute approximate surface area is 223 Å². The second kappa shape index (κ2) is 10.6. The minimum absolute atomic E-state index is 0.00416. The highest BCUT2D eigenvalue weighted by Gasteiger charge is 2.30. The van der Waals surface area contributed by atoms with E-state index in [-0.39, 0.29) is 10.6 Å². The zero-order chi connectivity index (χ0) is 26.8. The van der Waals surface area contributed by atoms with E-state index in [1.807, 2.05) is 0 Å². The number of anilines is 3. The van der Waals surface area contributed by atoms with Crippen molar-refractivity contribution in [1.82, 2.24) is 0 Å². The molecule has 1 amide bonds. The number of nitrogens with zero attached hydrogens (tertiary/aromatic N) is 1. The van der Waals surface area contributed by atoms with Gasteiger partial charge in [0.2, 0.25) is 15.9 Å². The minimum atomic E-state index is -3.85. The quantitative estimate of drug-likeness (QED) is 0.397. The van der Waals surface area contributed by atoms with Crippen LogP contribution in [0.1, 0.15) is 6.92 Å². The molecule has 13 heteroatoms. The van der Waals surface area contributed by atoms with Gasteiger partial charge in [0.15, 0.2) is 11.5 Å². The number of halogens is 1. The smallest absolute Gasteiger partial charge is 0.261 e. The highest BCUT2D eigenvalue weighted by atomic mass is 79.9. The molecule has 0 spiro atoms. The van der Waals surface area contributed by atoms with E-state index < -0.39 is 32.0 Å². The third kappa shape index (κ3) is 6.35. The fourth-order valence-electron chi connectivity index (χ4n) is 3.67. The molecule has 3 aromatic rings. The van der Waals surface area contributed by atoms with E-state index in [9.17, 15) is 21.6 Å². The van der Waals surface area contributed by atoms with Gasteiger partial charge in [0, 0.05) is 21.9 Å². The predicted octanol–water partition coefficient (Wildman–Crippen LogP) is 3.81. The fourth-order valence-corrected chi connectivity index (χ4v) is 6.16. The molecule has 1 atom stereocenters. The molecule has 4 rings (SSSR count). The lowest BCUT2D eigenvalue weighted by Gasteiger charge is -2.29. The summed E-state index contributed by atoms with van der Waals surface area (Å²) in [6.07, 6.45) is 1.01. The first kappa shape index (κ1) is 26.8. The Morgan fingerprint density at radius 3 is 2.11 bits per heavy atom. The molecule has 0 saturated heterocycles. The van der Waals surface area contributed by atoms with Crippen molar-refractivity contribution in [3.63, 3.8) is 0 Å². The van der Waals surface area contributed by atoms with Crippen LogP contribution in [0.15, 0.2) is 76.1 Å². The van der Waals surface area contributed by atoms with E-state index in [0.29, 0.717) is 36.1 Å². The molecule has 37 heavy (non-hydrogen) atoms. The lowest BCUT2D eigenvalue weighted by Crippen LogP contribution is -2.45. The van der Waals surface area contributed by atoms with Crippen molar-refractivity contribution in [2.24, 2.45) is 0 Å². The fraction of sp³-hybridized carbons (Fsp3) is 0.208. The Morgan fingerprint density at radius 2 is 1.49 bits per heavy atom. The van der Waals surface area contributed by atoms with Crippen LogP contribution < -0.4 is 23.8 Å². The number of hydrogen-bond acceptors (Lipinski definition) is 7. The maximum absolute atomic E-state index is 13.0. The van der Waals surface area contributed by atoms with Gasteiger partial charge in [-0.3, -0.25) is 13.8 Å². The molecule has 1 heterocycles. The molecule has 0 radical (unpaired) electrons. The summed E-state index contributed by atoms with van der Waals surface area (Å²) in [5.74, 6) is 0.271. The molecular weight excluding hydrogens is 586 g/mol. The molecule has 0 saturated carbocycles. The van der Waals surface area contributed by atoms with Crippen molar-refractivity contribution in [3.8, 4) is 11.5 Å². The van der Waals surface area contributed by atoms with Gasteiger partial charge in [-0.25, -0.2) is 16.8 Å². The molecule has 0 fully saturated rings. The number of ether oxygens (including phenoxy) is 2. The molecule has 2 N–H and O–H groups in total. The van der Waals surface area contributed by atoms with Crippen LogP contribution in [0.5, 0.6) is 11.5 Å². The van der Waals surface area contributed by atoms with Gasteiger partial charge in [-0.15, -0.1) is 0 Å². The molecule has 1 aliphatic rings. The van der Waals surface area contributed by atoms with E-state index in [4.69, 9.17) is 9.47 Å². The standard InChI is InChI=1S/C24H24BrN3O7S2/c1-16(28(36(2,30)31)20-9-12-22-23(15-20)35-14-13-34-22)24(29)26-18-7-10-21(11-8-18)37(32,33)27-19-5-3-17(25)4-6-19/h3-12,15-16,27H,13-14H2,1-2H3,(H,26,29)/t16-/m1/s1. The zero-order valence-corrected chi connectivity index (χ0v) is 23.1. The summed E-state index contributed by atoms with van der Waals surface area (Å²) in [5, 5.41) is 2.64. The SMILES string of the molecule is C[C@H](C(=O)Nc1ccc(S(=O)(=O)Nc2ccc(Br)cc2)cc1)N(c1ccc2c(c1)OCCO2)S(C)(=O)=O. The molecule has 3 aromatic carbocycles. The van der Waals surface area contributed by atoms with Crippen molar-refractivity contribution >= 4 is 58.9 Å². The molecular formula is C24H24BrN3O7S2. The molecule has 0 aliphatic carbocycles. The van der Waals surface area contributed by atoms with Gasteiger partial charge in [0.25, 0.3) is 10.0 Å². The Morgan fingerprint density at radius 1 is 0.892 bits per heavy atom. The van der Waals surface area contributed by atoms with Crippen molar-refractivity contribution in [2.75, 3.05) is 33.8 Å². The highest BCUT2D eigenvalue weighted by molar-refractivity contribution is 9.10. The van der Waals surface area contributed by atoms with Crippen LogP contribution in [0.2, 0.25) is 0 Å². The predicted molar refractivity (Wildman–Crippen MR) is 144 cm³/mol. The molecule has 0 aromatic heterocycles. The average Bonchev–Trinajstić information content (AvgIpc) is 2.85. The summed E-state index contributed by atoms with van der Waals surface area (Å²) in [4.78, 5) is 13.0. The summed E-state index contributed by atoms with van der Waals surface area (Å²) in [7, 11) is -7.71. The number of fused-ring (bicyclic) bond motifs is 1. The Bertz CT molecular complexity index is 1510. The van der Waals surface area contributed by atoms with Gasteiger partial charge in [-0.2, -0.15) is 0 Å². The second-order valence-electron chi connectivity index (χ2n) is 8.19. The normalized spacial score (nSPS) is 13.9. The zero-order valence-electron chi connectivity index (χ0n) is 19.8. The highest BCUT2D eigenvalue weighted by Crippen LogP contribution is 2.35.